The molecule has 0 radical (unpaired) electrons. The van der Waals surface area contributed by atoms with Crippen molar-refractivity contribution in [2.24, 2.45) is 7.05 Å². The second kappa shape index (κ2) is 8.35. The Labute approximate surface area is 191 Å². The molecule has 0 spiro atoms. The van der Waals surface area contributed by atoms with Gasteiger partial charge in [0.1, 0.15) is 5.75 Å². The maximum Gasteiger partial charge on any atom is 0.345 e. The molecule has 8 nitrogen and oxygen atoms in total. The van der Waals surface area contributed by atoms with E-state index in [1.54, 1.807) is 0 Å². The number of carbonyl (C=O) groups is 1. The van der Waals surface area contributed by atoms with E-state index in [2.05, 4.69) is 52.1 Å². The van der Waals surface area contributed by atoms with Crippen LogP contribution >= 0.6 is 0 Å². The average molecular weight is 451 g/mol. The third-order valence-corrected chi connectivity index (χ3v) is 7.30. The van der Waals surface area contributed by atoms with Gasteiger partial charge in [-0.2, -0.15) is 0 Å². The van der Waals surface area contributed by atoms with E-state index in [1.807, 2.05) is 0 Å². The number of aromatic carboxylic acids is 1. The molecular formula is C25H30N4O4. The van der Waals surface area contributed by atoms with Crippen molar-refractivity contribution in [3.63, 3.8) is 0 Å². The lowest BCUT2D eigenvalue weighted by Gasteiger charge is -2.29. The summed E-state index contributed by atoms with van der Waals surface area (Å²) >= 11 is 0. The first-order chi connectivity index (χ1) is 15.8. The summed E-state index contributed by atoms with van der Waals surface area (Å²) in [5, 5.41) is 24.7. The summed E-state index contributed by atoms with van der Waals surface area (Å²) in [6, 6.07) is 6.92. The number of hydrogen-bond acceptors (Lipinski definition) is 5. The van der Waals surface area contributed by atoms with E-state index < -0.39 is 22.8 Å². The van der Waals surface area contributed by atoms with Crippen LogP contribution in [0.5, 0.6) is 5.75 Å². The highest BCUT2D eigenvalue weighted by molar-refractivity contribution is 5.93. The topological polar surface area (TPSA) is 111 Å². The predicted octanol–water partition coefficient (Wildman–Crippen LogP) is 2.61. The molecule has 5 rings (SSSR count). The Bertz CT molecular complexity index is 1300. The van der Waals surface area contributed by atoms with Crippen molar-refractivity contribution in [3.8, 4) is 17.0 Å². The Morgan fingerprint density at radius 2 is 1.94 bits per heavy atom. The first kappa shape index (κ1) is 21.7. The summed E-state index contributed by atoms with van der Waals surface area (Å²) in [6.45, 7) is 3.03. The molecule has 3 aromatic rings. The fourth-order valence-corrected chi connectivity index (χ4v) is 5.31. The van der Waals surface area contributed by atoms with Gasteiger partial charge in [-0.1, -0.05) is 0 Å². The maximum absolute atomic E-state index is 12.4. The van der Waals surface area contributed by atoms with Crippen LogP contribution in [0.25, 0.3) is 22.2 Å². The van der Waals surface area contributed by atoms with E-state index in [-0.39, 0.29) is 0 Å². The molecule has 1 saturated heterocycles. The number of aromatic amines is 1. The van der Waals surface area contributed by atoms with Crippen molar-refractivity contribution < 1.29 is 15.0 Å². The maximum atomic E-state index is 12.4. The van der Waals surface area contributed by atoms with Crippen LogP contribution in [0.4, 0.5) is 0 Å². The number of aromatic nitrogens is 2. The zero-order chi connectivity index (χ0) is 23.3. The molecule has 0 saturated carbocycles. The van der Waals surface area contributed by atoms with E-state index >= 15 is 0 Å². The highest BCUT2D eigenvalue weighted by Gasteiger charge is 2.26. The third-order valence-electron chi connectivity index (χ3n) is 7.30. The number of likely N-dealkylation sites (tertiary alicyclic amines) is 1. The molecule has 1 fully saturated rings. The Morgan fingerprint density at radius 1 is 1.18 bits per heavy atom. The Hall–Kier alpha value is -3.10. The molecule has 3 heterocycles. The number of nitrogens with zero attached hydrogens (tertiary/aromatic N) is 2. The van der Waals surface area contributed by atoms with Crippen LogP contribution in [0.2, 0.25) is 0 Å². The molecule has 2 aromatic heterocycles. The molecule has 1 aliphatic carbocycles. The summed E-state index contributed by atoms with van der Waals surface area (Å²) in [6.07, 6.45) is 4.37. The number of aryl methyl sites for hydroxylation is 2. The molecule has 0 unspecified atom stereocenters. The van der Waals surface area contributed by atoms with Crippen LogP contribution < -0.4 is 10.9 Å². The first-order valence-electron chi connectivity index (χ1n) is 11.6. The first-order valence-corrected chi connectivity index (χ1v) is 11.6. The zero-order valence-corrected chi connectivity index (χ0v) is 19.1. The van der Waals surface area contributed by atoms with E-state index in [0.29, 0.717) is 23.7 Å². The van der Waals surface area contributed by atoms with Gasteiger partial charge in [0.15, 0.2) is 5.56 Å². The van der Waals surface area contributed by atoms with Crippen LogP contribution in [-0.2, 0) is 26.4 Å². The second-order valence-electron chi connectivity index (χ2n) is 9.41. The molecule has 33 heavy (non-hydrogen) atoms. The lowest BCUT2D eigenvalue weighted by Crippen LogP contribution is -2.40. The largest absolute Gasteiger partial charge is 0.506 e. The number of aromatic hydroxyl groups is 1. The van der Waals surface area contributed by atoms with Crippen LogP contribution in [0.3, 0.4) is 0 Å². The normalized spacial score (nSPS) is 17.0. The number of carboxylic acid groups (broad SMARTS) is 1. The van der Waals surface area contributed by atoms with Crippen molar-refractivity contribution in [3.05, 3.63) is 50.9 Å². The number of rotatable bonds is 4. The zero-order valence-electron chi connectivity index (χ0n) is 19.1. The number of piperidine rings is 1. The summed E-state index contributed by atoms with van der Waals surface area (Å²) in [4.78, 5) is 29.0. The van der Waals surface area contributed by atoms with Gasteiger partial charge in [-0.25, -0.2) is 4.79 Å². The van der Waals surface area contributed by atoms with Gasteiger partial charge in [0.25, 0.3) is 5.56 Å². The third kappa shape index (κ3) is 3.83. The van der Waals surface area contributed by atoms with Gasteiger partial charge < -0.3 is 30.0 Å². The highest BCUT2D eigenvalue weighted by Crippen LogP contribution is 2.38. The lowest BCUT2D eigenvalue weighted by atomic mass is 9.98. The number of hydrogen-bond donors (Lipinski definition) is 4. The molecule has 8 heteroatoms. The van der Waals surface area contributed by atoms with Gasteiger partial charge in [0, 0.05) is 47.4 Å². The van der Waals surface area contributed by atoms with Crippen LogP contribution in [-0.4, -0.2) is 56.8 Å². The Kier molecular flexibility index (Phi) is 5.50. The smallest absolute Gasteiger partial charge is 0.345 e. The second-order valence-corrected chi connectivity index (χ2v) is 9.41. The summed E-state index contributed by atoms with van der Waals surface area (Å²) in [5.74, 6) is -1.83. The van der Waals surface area contributed by atoms with Gasteiger partial charge >= 0.3 is 5.97 Å². The quantitative estimate of drug-likeness (QED) is 0.486. The minimum Gasteiger partial charge on any atom is -0.506 e. The standard InChI is InChI=1S/C25H30N4O4/c1-28-8-6-16(7-9-28)26-13-17-10-15-11-19-14(12-20(15)29(17)2)4-3-5-18-22(19)27-24(31)21(23(18)30)25(32)33/h10-12,16,26H,3-9,13H2,1-2H3,(H,32,33)(H2,27,30,31). The summed E-state index contributed by atoms with van der Waals surface area (Å²) in [7, 11) is 4.25. The van der Waals surface area contributed by atoms with Gasteiger partial charge in [-0.3, -0.25) is 4.79 Å². The molecular weight excluding hydrogens is 420 g/mol. The number of carboxylic acids is 1. The number of nitrogens with one attached hydrogen (secondary N) is 2. The van der Waals surface area contributed by atoms with Crippen molar-refractivity contribution in [2.75, 3.05) is 20.1 Å². The number of H-pyrrole nitrogens is 1. The number of benzene rings is 1. The Morgan fingerprint density at radius 3 is 2.67 bits per heavy atom. The van der Waals surface area contributed by atoms with Crippen molar-refractivity contribution in [2.45, 2.75) is 44.7 Å². The van der Waals surface area contributed by atoms with Crippen molar-refractivity contribution in [1.29, 1.82) is 0 Å². The molecule has 174 valence electrons. The average Bonchev–Trinajstić information content (AvgIpc) is 2.96. The van der Waals surface area contributed by atoms with E-state index in [4.69, 9.17) is 0 Å². The predicted molar refractivity (Wildman–Crippen MR) is 127 cm³/mol. The number of pyridine rings is 1. The molecule has 0 amide bonds. The monoisotopic (exact) mass is 450 g/mol. The van der Waals surface area contributed by atoms with Gasteiger partial charge in [0.2, 0.25) is 0 Å². The van der Waals surface area contributed by atoms with Crippen LogP contribution in [0.1, 0.15) is 46.4 Å². The Balaban J connectivity index is 1.53. The van der Waals surface area contributed by atoms with Crippen molar-refractivity contribution in [1.82, 2.24) is 19.8 Å². The van der Waals surface area contributed by atoms with E-state index in [9.17, 15) is 19.8 Å². The molecule has 4 N–H and O–H groups in total. The summed E-state index contributed by atoms with van der Waals surface area (Å²) < 4.78 is 2.22. The van der Waals surface area contributed by atoms with Crippen LogP contribution in [0, 0.1) is 0 Å². The molecule has 1 aliphatic heterocycles. The van der Waals surface area contributed by atoms with Gasteiger partial charge in [-0.05, 0) is 76.0 Å². The minimum absolute atomic E-state index is 0.412. The lowest BCUT2D eigenvalue weighted by molar-refractivity contribution is 0.0691. The molecule has 0 atom stereocenters. The molecule has 1 aromatic carbocycles. The fourth-order valence-electron chi connectivity index (χ4n) is 5.31. The molecule has 0 bridgehead atoms. The fraction of sp³-hybridized carbons (Fsp3) is 0.440. The van der Waals surface area contributed by atoms with E-state index in [0.717, 1.165) is 67.3 Å². The SMILES string of the molecule is CN1CCC(NCc2cc3cc4c(cc3n2C)CCCc2c-4[nH]c(=O)c(C(=O)O)c2O)CC1. The van der Waals surface area contributed by atoms with Gasteiger partial charge in [-0.15, -0.1) is 0 Å². The van der Waals surface area contributed by atoms with E-state index in [1.165, 1.54) is 5.69 Å². The van der Waals surface area contributed by atoms with Crippen LogP contribution in [0.15, 0.2) is 23.0 Å². The minimum atomic E-state index is -1.42. The highest BCUT2D eigenvalue weighted by atomic mass is 16.4. The van der Waals surface area contributed by atoms with Gasteiger partial charge in [0.05, 0.1) is 5.69 Å². The summed E-state index contributed by atoms with van der Waals surface area (Å²) in [5.41, 5.74) is 3.96. The molecule has 2 aliphatic rings. The number of fused-ring (bicyclic) bond motifs is 4. The van der Waals surface area contributed by atoms with Crippen molar-refractivity contribution >= 4 is 16.9 Å².